The SMILES string of the molecule is O=C1C=C(Nc2ccccc2CCc2ccc3ccccc3n2)C(=O)N1CCO. The van der Waals surface area contributed by atoms with Crippen LogP contribution in [0.25, 0.3) is 10.9 Å². The number of nitrogens with zero attached hydrogens (tertiary/aromatic N) is 2. The van der Waals surface area contributed by atoms with Crippen LogP contribution >= 0.6 is 0 Å². The summed E-state index contributed by atoms with van der Waals surface area (Å²) in [5, 5.41) is 13.2. The fraction of sp³-hybridized carbons (Fsp3) is 0.174. The molecule has 146 valence electrons. The van der Waals surface area contributed by atoms with Gasteiger partial charge in [-0.1, -0.05) is 42.5 Å². The average Bonchev–Trinajstić information content (AvgIpc) is 3.01. The second kappa shape index (κ2) is 8.24. The summed E-state index contributed by atoms with van der Waals surface area (Å²) < 4.78 is 0. The van der Waals surface area contributed by atoms with E-state index in [4.69, 9.17) is 10.1 Å². The molecule has 0 atom stereocenters. The normalized spacial score (nSPS) is 13.8. The molecule has 2 aromatic carbocycles. The number of nitrogens with one attached hydrogen (secondary N) is 1. The number of β-amino-alcohol motifs (C(OH)–C–C–N with tert-alkyl or cyclic N) is 1. The van der Waals surface area contributed by atoms with E-state index in [2.05, 4.69) is 11.4 Å². The third kappa shape index (κ3) is 4.02. The smallest absolute Gasteiger partial charge is 0.277 e. The maximum atomic E-state index is 12.4. The van der Waals surface area contributed by atoms with Crippen LogP contribution in [0.1, 0.15) is 11.3 Å². The van der Waals surface area contributed by atoms with E-state index < -0.39 is 11.8 Å². The number of aromatic nitrogens is 1. The van der Waals surface area contributed by atoms with Gasteiger partial charge < -0.3 is 10.4 Å². The standard InChI is InChI=1S/C23H21N3O3/c27-14-13-26-22(28)15-21(23(26)29)25-20-8-4-2-6-17(20)10-12-18-11-9-16-5-1-3-7-19(16)24-18/h1-9,11,15,25,27H,10,12-14H2. The molecule has 6 heteroatoms. The summed E-state index contributed by atoms with van der Waals surface area (Å²) in [6.45, 7) is -0.261. The summed E-state index contributed by atoms with van der Waals surface area (Å²) in [6, 6.07) is 19.8. The summed E-state index contributed by atoms with van der Waals surface area (Å²) in [4.78, 5) is 30.1. The minimum Gasteiger partial charge on any atom is -0.395 e. The Hall–Kier alpha value is -3.51. The molecular weight excluding hydrogens is 366 g/mol. The molecule has 6 nitrogen and oxygen atoms in total. The molecule has 2 heterocycles. The Morgan fingerprint density at radius 3 is 2.59 bits per heavy atom. The van der Waals surface area contributed by atoms with Crippen molar-refractivity contribution in [1.29, 1.82) is 0 Å². The van der Waals surface area contributed by atoms with E-state index in [1.54, 1.807) is 0 Å². The first-order valence-corrected chi connectivity index (χ1v) is 9.53. The van der Waals surface area contributed by atoms with E-state index in [-0.39, 0.29) is 18.8 Å². The Labute approximate surface area is 168 Å². The number of aliphatic hydroxyl groups excluding tert-OH is 1. The van der Waals surface area contributed by atoms with Crippen LogP contribution in [-0.4, -0.2) is 40.0 Å². The summed E-state index contributed by atoms with van der Waals surface area (Å²) in [6.07, 6.45) is 2.77. The molecule has 0 fully saturated rings. The van der Waals surface area contributed by atoms with Crippen LogP contribution in [0.4, 0.5) is 5.69 Å². The van der Waals surface area contributed by atoms with Gasteiger partial charge in [0.25, 0.3) is 11.8 Å². The minimum absolute atomic E-state index is 0.00533. The molecule has 2 amide bonds. The number of aryl methyl sites for hydroxylation is 2. The quantitative estimate of drug-likeness (QED) is 0.609. The largest absolute Gasteiger partial charge is 0.395 e. The molecule has 1 aromatic heterocycles. The van der Waals surface area contributed by atoms with E-state index in [0.29, 0.717) is 0 Å². The lowest BCUT2D eigenvalue weighted by atomic mass is 10.0. The minimum atomic E-state index is -0.421. The molecule has 0 radical (unpaired) electrons. The monoisotopic (exact) mass is 387 g/mol. The highest BCUT2D eigenvalue weighted by molar-refractivity contribution is 6.17. The zero-order valence-electron chi connectivity index (χ0n) is 15.8. The number of carbonyl (C=O) groups excluding carboxylic acids is 2. The summed E-state index contributed by atoms with van der Waals surface area (Å²) in [5.74, 6) is -0.834. The highest BCUT2D eigenvalue weighted by Gasteiger charge is 2.30. The number of para-hydroxylation sites is 2. The number of carbonyl (C=O) groups is 2. The third-order valence-corrected chi connectivity index (χ3v) is 4.93. The predicted octanol–water partition coefficient (Wildman–Crippen LogP) is 2.68. The van der Waals surface area contributed by atoms with Gasteiger partial charge in [-0.05, 0) is 36.6 Å². The number of benzene rings is 2. The molecule has 2 N–H and O–H groups in total. The molecular formula is C23H21N3O3. The van der Waals surface area contributed by atoms with Gasteiger partial charge in [0.15, 0.2) is 0 Å². The Morgan fingerprint density at radius 1 is 0.931 bits per heavy atom. The van der Waals surface area contributed by atoms with Crippen LogP contribution < -0.4 is 5.32 Å². The van der Waals surface area contributed by atoms with Crippen molar-refractivity contribution in [1.82, 2.24) is 9.88 Å². The molecule has 0 spiro atoms. The fourth-order valence-electron chi connectivity index (χ4n) is 3.43. The van der Waals surface area contributed by atoms with Gasteiger partial charge >= 0.3 is 0 Å². The number of fused-ring (bicyclic) bond motifs is 1. The molecule has 0 saturated heterocycles. The number of amides is 2. The van der Waals surface area contributed by atoms with Gasteiger partial charge in [-0.3, -0.25) is 19.5 Å². The van der Waals surface area contributed by atoms with Gasteiger partial charge in [0.05, 0.1) is 18.7 Å². The van der Waals surface area contributed by atoms with Crippen LogP contribution in [0, 0.1) is 0 Å². The molecule has 1 aliphatic heterocycles. The van der Waals surface area contributed by atoms with Gasteiger partial charge in [0.2, 0.25) is 0 Å². The van der Waals surface area contributed by atoms with Gasteiger partial charge in [0, 0.05) is 22.8 Å². The van der Waals surface area contributed by atoms with Crippen molar-refractivity contribution in [2.24, 2.45) is 0 Å². The van der Waals surface area contributed by atoms with E-state index >= 15 is 0 Å². The van der Waals surface area contributed by atoms with Crippen LogP contribution in [0.2, 0.25) is 0 Å². The lowest BCUT2D eigenvalue weighted by Crippen LogP contribution is -2.34. The average molecular weight is 387 g/mol. The Morgan fingerprint density at radius 2 is 1.72 bits per heavy atom. The van der Waals surface area contributed by atoms with Crippen molar-refractivity contribution in [3.05, 3.63) is 83.7 Å². The number of hydrogen-bond acceptors (Lipinski definition) is 5. The van der Waals surface area contributed by atoms with Crippen LogP contribution in [0.3, 0.4) is 0 Å². The van der Waals surface area contributed by atoms with Crippen molar-refractivity contribution in [3.8, 4) is 0 Å². The number of imide groups is 1. The highest BCUT2D eigenvalue weighted by Crippen LogP contribution is 2.22. The number of aliphatic hydroxyl groups is 1. The van der Waals surface area contributed by atoms with Gasteiger partial charge in [-0.25, -0.2) is 0 Å². The summed E-state index contributed by atoms with van der Waals surface area (Å²) in [5.41, 5.74) is 4.01. The Kier molecular flexibility index (Phi) is 5.35. The maximum absolute atomic E-state index is 12.4. The fourth-order valence-corrected chi connectivity index (χ4v) is 3.43. The number of rotatable bonds is 7. The van der Waals surface area contributed by atoms with Gasteiger partial charge in [0.1, 0.15) is 5.70 Å². The Bertz CT molecular complexity index is 1110. The molecule has 0 bridgehead atoms. The van der Waals surface area contributed by atoms with Crippen molar-refractivity contribution in [3.63, 3.8) is 0 Å². The van der Waals surface area contributed by atoms with E-state index in [9.17, 15) is 9.59 Å². The molecule has 0 aliphatic carbocycles. The molecule has 29 heavy (non-hydrogen) atoms. The van der Waals surface area contributed by atoms with E-state index in [0.717, 1.165) is 45.6 Å². The zero-order valence-corrected chi connectivity index (χ0v) is 15.8. The number of hydrogen-bond donors (Lipinski definition) is 2. The zero-order chi connectivity index (χ0) is 20.2. The first-order valence-electron chi connectivity index (χ1n) is 9.53. The number of anilines is 1. The van der Waals surface area contributed by atoms with Crippen molar-refractivity contribution in [2.75, 3.05) is 18.5 Å². The first kappa shape index (κ1) is 18.8. The van der Waals surface area contributed by atoms with Crippen LogP contribution in [0.15, 0.2) is 72.4 Å². The maximum Gasteiger partial charge on any atom is 0.277 e. The van der Waals surface area contributed by atoms with Crippen molar-refractivity contribution in [2.45, 2.75) is 12.8 Å². The second-order valence-electron chi connectivity index (χ2n) is 6.85. The second-order valence-corrected chi connectivity index (χ2v) is 6.85. The number of pyridine rings is 1. The third-order valence-electron chi connectivity index (χ3n) is 4.93. The van der Waals surface area contributed by atoms with E-state index in [1.807, 2.05) is 54.6 Å². The van der Waals surface area contributed by atoms with Gasteiger partial charge in [-0.15, -0.1) is 0 Å². The lowest BCUT2D eigenvalue weighted by molar-refractivity contribution is -0.137. The molecule has 0 unspecified atom stereocenters. The first-order chi connectivity index (χ1) is 14.2. The molecule has 0 saturated carbocycles. The molecule has 1 aliphatic rings. The van der Waals surface area contributed by atoms with Crippen molar-refractivity contribution < 1.29 is 14.7 Å². The molecule has 3 aromatic rings. The van der Waals surface area contributed by atoms with Gasteiger partial charge in [-0.2, -0.15) is 0 Å². The summed E-state index contributed by atoms with van der Waals surface area (Å²) >= 11 is 0. The van der Waals surface area contributed by atoms with E-state index in [1.165, 1.54) is 6.08 Å². The van der Waals surface area contributed by atoms with Crippen molar-refractivity contribution >= 4 is 28.4 Å². The topological polar surface area (TPSA) is 82.5 Å². The molecule has 4 rings (SSSR count). The predicted molar refractivity (Wildman–Crippen MR) is 111 cm³/mol. The lowest BCUT2D eigenvalue weighted by Gasteiger charge is -2.15. The summed E-state index contributed by atoms with van der Waals surface area (Å²) in [7, 11) is 0. The Balaban J connectivity index is 1.49. The van der Waals surface area contributed by atoms with Crippen LogP contribution in [-0.2, 0) is 22.4 Å². The van der Waals surface area contributed by atoms with Crippen LogP contribution in [0.5, 0.6) is 0 Å². The highest BCUT2D eigenvalue weighted by atomic mass is 16.3.